The Bertz CT molecular complexity index is 493. The lowest BCUT2D eigenvalue weighted by Gasteiger charge is -2.30. The molecule has 1 aliphatic rings. The number of hydrogen-bond donors (Lipinski definition) is 2. The number of carbonyl (C=O) groups is 2. The van der Waals surface area contributed by atoms with Crippen molar-refractivity contribution in [1.82, 2.24) is 10.6 Å². The number of carbonyl (C=O) groups excluding carboxylic acids is 2. The Labute approximate surface area is 112 Å². The summed E-state index contributed by atoms with van der Waals surface area (Å²) in [5.74, 6) is -0.382. The molecule has 1 heterocycles. The van der Waals surface area contributed by atoms with E-state index < -0.39 is 17.2 Å². The average molecular weight is 262 g/mol. The molecule has 1 saturated heterocycles. The van der Waals surface area contributed by atoms with Crippen LogP contribution in [-0.2, 0) is 15.1 Å². The highest BCUT2D eigenvalue weighted by Gasteiger charge is 2.48. The highest BCUT2D eigenvalue weighted by molar-refractivity contribution is 6.07. The van der Waals surface area contributed by atoms with Crippen LogP contribution in [0.15, 0.2) is 30.3 Å². The second-order valence-corrected chi connectivity index (χ2v) is 5.58. The molecule has 1 atom stereocenters. The largest absolute Gasteiger partial charge is 0.372 e. The molecule has 0 bridgehead atoms. The molecule has 1 aromatic carbocycles. The van der Waals surface area contributed by atoms with Crippen LogP contribution in [-0.4, -0.2) is 24.1 Å². The molecule has 19 heavy (non-hydrogen) atoms. The van der Waals surface area contributed by atoms with Gasteiger partial charge in [0.25, 0.3) is 5.91 Å². The van der Waals surface area contributed by atoms with E-state index in [4.69, 9.17) is 4.74 Å². The Hall–Kier alpha value is -1.88. The first kappa shape index (κ1) is 13.5. The minimum absolute atomic E-state index is 0.0953. The van der Waals surface area contributed by atoms with Crippen molar-refractivity contribution < 1.29 is 14.3 Å². The predicted octanol–water partition coefficient (Wildman–Crippen LogP) is 1.54. The van der Waals surface area contributed by atoms with Crippen molar-refractivity contribution in [3.63, 3.8) is 0 Å². The molecule has 1 aromatic rings. The van der Waals surface area contributed by atoms with Gasteiger partial charge in [-0.1, -0.05) is 30.3 Å². The maximum Gasteiger partial charge on any atom is 0.322 e. The molecule has 0 aromatic heterocycles. The molecule has 1 unspecified atom stereocenters. The van der Waals surface area contributed by atoms with Crippen LogP contribution in [0.5, 0.6) is 0 Å². The Balaban J connectivity index is 2.34. The fourth-order valence-corrected chi connectivity index (χ4v) is 1.93. The van der Waals surface area contributed by atoms with Crippen LogP contribution in [0.25, 0.3) is 0 Å². The maximum absolute atomic E-state index is 12.1. The van der Waals surface area contributed by atoms with Gasteiger partial charge in [-0.3, -0.25) is 10.1 Å². The summed E-state index contributed by atoms with van der Waals surface area (Å²) >= 11 is 0. The zero-order valence-corrected chi connectivity index (χ0v) is 11.3. The van der Waals surface area contributed by atoms with Crippen molar-refractivity contribution in [2.24, 2.45) is 0 Å². The summed E-state index contributed by atoms with van der Waals surface area (Å²) in [7, 11) is 0. The van der Waals surface area contributed by atoms with Crippen molar-refractivity contribution in [3.8, 4) is 0 Å². The van der Waals surface area contributed by atoms with Crippen molar-refractivity contribution in [1.29, 1.82) is 0 Å². The summed E-state index contributed by atoms with van der Waals surface area (Å²) in [6, 6.07) is 8.62. The lowest BCUT2D eigenvalue weighted by Crippen LogP contribution is -2.49. The number of amides is 3. The van der Waals surface area contributed by atoms with E-state index in [9.17, 15) is 9.59 Å². The SMILES string of the molecule is CC(C)(C)OCC1(c2ccccc2)NC(=O)NC1=O. The number of urea groups is 1. The van der Waals surface area contributed by atoms with Crippen molar-refractivity contribution in [2.75, 3.05) is 6.61 Å². The summed E-state index contributed by atoms with van der Waals surface area (Å²) in [5, 5.41) is 4.95. The standard InChI is InChI=1S/C14H18N2O3/c1-13(2,3)19-9-14(10-7-5-4-6-8-10)11(17)15-12(18)16-14/h4-8H,9H2,1-3H3,(H2,15,16,17,18). The molecular formula is C14H18N2O3. The molecule has 1 aliphatic heterocycles. The fourth-order valence-electron chi connectivity index (χ4n) is 1.93. The molecule has 5 heteroatoms. The number of benzene rings is 1. The van der Waals surface area contributed by atoms with Gasteiger partial charge >= 0.3 is 6.03 Å². The van der Waals surface area contributed by atoms with Gasteiger partial charge in [-0.2, -0.15) is 0 Å². The molecule has 2 rings (SSSR count). The Morgan fingerprint density at radius 2 is 1.79 bits per heavy atom. The van der Waals surface area contributed by atoms with Gasteiger partial charge in [0.15, 0.2) is 5.54 Å². The number of imide groups is 1. The van der Waals surface area contributed by atoms with Gasteiger partial charge in [-0.25, -0.2) is 4.79 Å². The molecule has 0 spiro atoms. The highest BCUT2D eigenvalue weighted by atomic mass is 16.5. The van der Waals surface area contributed by atoms with Crippen LogP contribution in [0.1, 0.15) is 26.3 Å². The summed E-state index contributed by atoms with van der Waals surface area (Å²) < 4.78 is 5.71. The van der Waals surface area contributed by atoms with E-state index in [1.165, 1.54) is 0 Å². The topological polar surface area (TPSA) is 67.4 Å². The average Bonchev–Trinajstić information content (AvgIpc) is 2.63. The molecule has 2 N–H and O–H groups in total. The van der Waals surface area contributed by atoms with Gasteiger partial charge in [0.05, 0.1) is 12.2 Å². The zero-order chi connectivity index (χ0) is 14.1. The second kappa shape index (κ2) is 4.66. The van der Waals surface area contributed by atoms with Crippen LogP contribution in [0, 0.1) is 0 Å². The quantitative estimate of drug-likeness (QED) is 0.812. The third-order valence-electron chi connectivity index (χ3n) is 2.93. The van der Waals surface area contributed by atoms with Crippen LogP contribution in [0.2, 0.25) is 0 Å². The third kappa shape index (κ3) is 2.76. The Kier molecular flexibility index (Phi) is 3.32. The van der Waals surface area contributed by atoms with Crippen LogP contribution in [0.4, 0.5) is 4.79 Å². The molecule has 0 aliphatic carbocycles. The van der Waals surface area contributed by atoms with Crippen LogP contribution >= 0.6 is 0 Å². The van der Waals surface area contributed by atoms with Gasteiger partial charge in [0.1, 0.15) is 0 Å². The van der Waals surface area contributed by atoms with Crippen molar-refractivity contribution in [2.45, 2.75) is 31.9 Å². The first-order valence-electron chi connectivity index (χ1n) is 6.17. The normalized spacial score (nSPS) is 23.1. The fraction of sp³-hybridized carbons (Fsp3) is 0.429. The molecular weight excluding hydrogens is 244 g/mol. The second-order valence-electron chi connectivity index (χ2n) is 5.58. The highest BCUT2D eigenvalue weighted by Crippen LogP contribution is 2.27. The van der Waals surface area contributed by atoms with E-state index in [1.807, 2.05) is 39.0 Å². The Morgan fingerprint density at radius 3 is 2.26 bits per heavy atom. The number of rotatable bonds is 3. The molecule has 0 saturated carbocycles. The van der Waals surface area contributed by atoms with Crippen LogP contribution < -0.4 is 10.6 Å². The first-order chi connectivity index (χ1) is 8.83. The van der Waals surface area contributed by atoms with E-state index in [2.05, 4.69) is 10.6 Å². The molecule has 102 valence electrons. The van der Waals surface area contributed by atoms with Crippen molar-refractivity contribution >= 4 is 11.9 Å². The van der Waals surface area contributed by atoms with Gasteiger partial charge in [0, 0.05) is 0 Å². The predicted molar refractivity (Wildman–Crippen MR) is 70.5 cm³/mol. The van der Waals surface area contributed by atoms with E-state index in [1.54, 1.807) is 12.1 Å². The molecule has 5 nitrogen and oxygen atoms in total. The number of hydrogen-bond acceptors (Lipinski definition) is 3. The van der Waals surface area contributed by atoms with Gasteiger partial charge in [-0.05, 0) is 26.3 Å². The summed E-state index contributed by atoms with van der Waals surface area (Å²) in [5.41, 5.74) is -0.830. The van der Waals surface area contributed by atoms with Crippen molar-refractivity contribution in [3.05, 3.63) is 35.9 Å². The zero-order valence-electron chi connectivity index (χ0n) is 11.3. The maximum atomic E-state index is 12.1. The van der Waals surface area contributed by atoms with E-state index in [0.717, 1.165) is 0 Å². The summed E-state index contributed by atoms with van der Waals surface area (Å²) in [6.07, 6.45) is 0. The van der Waals surface area contributed by atoms with Gasteiger partial charge in [-0.15, -0.1) is 0 Å². The van der Waals surface area contributed by atoms with E-state index in [0.29, 0.717) is 5.56 Å². The smallest absolute Gasteiger partial charge is 0.322 e. The number of nitrogens with one attached hydrogen (secondary N) is 2. The third-order valence-corrected chi connectivity index (χ3v) is 2.93. The van der Waals surface area contributed by atoms with Gasteiger partial charge in [0.2, 0.25) is 0 Å². The minimum Gasteiger partial charge on any atom is -0.372 e. The minimum atomic E-state index is -1.15. The van der Waals surface area contributed by atoms with Crippen LogP contribution in [0.3, 0.4) is 0 Å². The Morgan fingerprint density at radius 1 is 1.16 bits per heavy atom. The van der Waals surface area contributed by atoms with E-state index in [-0.39, 0.29) is 12.5 Å². The molecule has 0 radical (unpaired) electrons. The lowest BCUT2D eigenvalue weighted by atomic mass is 9.90. The summed E-state index contributed by atoms with van der Waals surface area (Å²) in [4.78, 5) is 23.6. The molecule has 3 amide bonds. The summed E-state index contributed by atoms with van der Waals surface area (Å²) in [6.45, 7) is 5.80. The lowest BCUT2D eigenvalue weighted by molar-refractivity contribution is -0.129. The monoisotopic (exact) mass is 262 g/mol. The first-order valence-corrected chi connectivity index (χ1v) is 6.17. The number of ether oxygens (including phenoxy) is 1. The van der Waals surface area contributed by atoms with E-state index >= 15 is 0 Å². The molecule has 1 fully saturated rings. The van der Waals surface area contributed by atoms with Gasteiger partial charge < -0.3 is 10.1 Å².